The zero-order chi connectivity index (χ0) is 13.2. The first-order valence-electron chi connectivity index (χ1n) is 6.53. The van der Waals surface area contributed by atoms with Gasteiger partial charge in [0.1, 0.15) is 0 Å². The molecule has 0 spiro atoms. The number of urea groups is 1. The molecule has 2 heterocycles. The van der Waals surface area contributed by atoms with E-state index in [9.17, 15) is 4.79 Å². The predicted molar refractivity (Wildman–Crippen MR) is 71.6 cm³/mol. The second kappa shape index (κ2) is 4.90. The summed E-state index contributed by atoms with van der Waals surface area (Å²) in [5.41, 5.74) is 1.33. The number of hydrogen-bond donors (Lipinski definition) is 2. The van der Waals surface area contributed by atoms with Gasteiger partial charge in [0, 0.05) is 31.9 Å². The van der Waals surface area contributed by atoms with Crippen molar-refractivity contribution in [3.05, 3.63) is 29.8 Å². The molecular weight excluding hydrogens is 240 g/mol. The van der Waals surface area contributed by atoms with E-state index < -0.39 is 0 Å². The third kappa shape index (κ3) is 2.40. The van der Waals surface area contributed by atoms with Gasteiger partial charge >= 0.3 is 6.03 Å². The minimum Gasteiger partial charge on any atom is -0.324 e. The highest BCUT2D eigenvalue weighted by atomic mass is 16.2. The minimum absolute atomic E-state index is 0.0425. The molecule has 0 radical (unpaired) electrons. The summed E-state index contributed by atoms with van der Waals surface area (Å²) in [7, 11) is 0. The molecule has 2 fully saturated rings. The second-order valence-electron chi connectivity index (χ2n) is 5.20. The Morgan fingerprint density at radius 3 is 2.47 bits per heavy atom. The third-order valence-corrected chi connectivity index (χ3v) is 3.94. The fourth-order valence-electron chi connectivity index (χ4n) is 2.85. The normalized spacial score (nSPS) is 24.9. The van der Waals surface area contributed by atoms with Crippen LogP contribution in [0.3, 0.4) is 0 Å². The summed E-state index contributed by atoms with van der Waals surface area (Å²) in [6, 6.07) is 8.95. The van der Waals surface area contributed by atoms with Crippen molar-refractivity contribution in [2.75, 3.05) is 31.5 Å². The van der Waals surface area contributed by atoms with Crippen LogP contribution in [0.15, 0.2) is 24.3 Å². The first-order chi connectivity index (χ1) is 9.26. The maximum atomic E-state index is 12.1. The van der Waals surface area contributed by atoms with Crippen LogP contribution in [0.2, 0.25) is 0 Å². The molecule has 0 aliphatic carbocycles. The smallest absolute Gasteiger partial charge is 0.321 e. The number of anilines is 1. The Balaban J connectivity index is 1.60. The van der Waals surface area contributed by atoms with Crippen LogP contribution >= 0.6 is 0 Å². The van der Waals surface area contributed by atoms with Gasteiger partial charge in [0.15, 0.2) is 0 Å². The molecule has 0 aromatic heterocycles. The molecule has 2 N–H and O–H groups in total. The average molecular weight is 256 g/mol. The summed E-state index contributed by atoms with van der Waals surface area (Å²) in [5.74, 6) is 1.21. The Morgan fingerprint density at radius 1 is 1.26 bits per heavy atom. The molecule has 0 bridgehead atoms. The lowest BCUT2D eigenvalue weighted by Crippen LogP contribution is -2.35. The van der Waals surface area contributed by atoms with Gasteiger partial charge in [-0.2, -0.15) is 5.26 Å². The van der Waals surface area contributed by atoms with E-state index in [-0.39, 0.29) is 6.03 Å². The number of rotatable bonds is 1. The Bertz CT molecular complexity index is 507. The van der Waals surface area contributed by atoms with E-state index in [2.05, 4.69) is 16.7 Å². The molecule has 2 saturated heterocycles. The summed E-state index contributed by atoms with van der Waals surface area (Å²) in [6.45, 7) is 3.70. The topological polar surface area (TPSA) is 68.2 Å². The highest BCUT2D eigenvalue weighted by Gasteiger charge is 2.37. The van der Waals surface area contributed by atoms with E-state index >= 15 is 0 Å². The molecule has 19 heavy (non-hydrogen) atoms. The number of benzene rings is 1. The summed E-state index contributed by atoms with van der Waals surface area (Å²) in [4.78, 5) is 14.0. The maximum absolute atomic E-state index is 12.1. The van der Waals surface area contributed by atoms with Crippen LogP contribution in [0.1, 0.15) is 5.56 Å². The average Bonchev–Trinajstić information content (AvgIpc) is 3.00. The van der Waals surface area contributed by atoms with Crippen molar-refractivity contribution in [2.24, 2.45) is 11.8 Å². The van der Waals surface area contributed by atoms with Crippen LogP contribution in [-0.4, -0.2) is 37.1 Å². The zero-order valence-electron chi connectivity index (χ0n) is 10.6. The molecule has 98 valence electrons. The highest BCUT2D eigenvalue weighted by Crippen LogP contribution is 2.26. The van der Waals surface area contributed by atoms with Gasteiger partial charge in [-0.15, -0.1) is 0 Å². The third-order valence-electron chi connectivity index (χ3n) is 3.94. The lowest BCUT2D eigenvalue weighted by atomic mass is 10.0. The second-order valence-corrected chi connectivity index (χ2v) is 5.20. The number of nitrogens with one attached hydrogen (secondary N) is 2. The summed E-state index contributed by atoms with van der Waals surface area (Å²) in [5, 5.41) is 15.0. The monoisotopic (exact) mass is 256 g/mol. The summed E-state index contributed by atoms with van der Waals surface area (Å²) >= 11 is 0. The molecule has 2 atom stereocenters. The number of nitrogens with zero attached hydrogens (tertiary/aromatic N) is 2. The molecule has 5 nitrogen and oxygen atoms in total. The van der Waals surface area contributed by atoms with Gasteiger partial charge < -0.3 is 15.5 Å². The van der Waals surface area contributed by atoms with Crippen molar-refractivity contribution >= 4 is 11.7 Å². The molecule has 2 aliphatic heterocycles. The van der Waals surface area contributed by atoms with Crippen molar-refractivity contribution in [3.8, 4) is 6.07 Å². The standard InChI is InChI=1S/C14H16N4O/c15-5-10-1-3-13(4-2-10)17-14(19)18-8-11-6-16-7-12(11)9-18/h1-4,11-12,16H,6-9H2,(H,17,19)/t11-,12+. The van der Waals surface area contributed by atoms with Gasteiger partial charge in [0.05, 0.1) is 11.6 Å². The number of fused-ring (bicyclic) bond motifs is 1. The lowest BCUT2D eigenvalue weighted by molar-refractivity contribution is 0.219. The summed E-state index contributed by atoms with van der Waals surface area (Å²) < 4.78 is 0. The summed E-state index contributed by atoms with van der Waals surface area (Å²) in [6.07, 6.45) is 0. The van der Waals surface area contributed by atoms with Gasteiger partial charge in [0.25, 0.3) is 0 Å². The SMILES string of the molecule is N#Cc1ccc(NC(=O)N2C[C@H]3CNC[C@H]3C2)cc1. The van der Waals surface area contributed by atoms with Crippen LogP contribution < -0.4 is 10.6 Å². The zero-order valence-corrected chi connectivity index (χ0v) is 10.6. The molecule has 2 aliphatic rings. The van der Waals surface area contributed by atoms with Gasteiger partial charge in [-0.3, -0.25) is 0 Å². The first-order valence-corrected chi connectivity index (χ1v) is 6.53. The van der Waals surface area contributed by atoms with Gasteiger partial charge in [-0.25, -0.2) is 4.79 Å². The number of carbonyl (C=O) groups is 1. The Hall–Kier alpha value is -2.06. The van der Waals surface area contributed by atoms with Crippen molar-refractivity contribution in [2.45, 2.75) is 0 Å². The van der Waals surface area contributed by atoms with Gasteiger partial charge in [0.2, 0.25) is 0 Å². The minimum atomic E-state index is -0.0425. The van der Waals surface area contributed by atoms with Crippen LogP contribution in [0, 0.1) is 23.2 Å². The maximum Gasteiger partial charge on any atom is 0.321 e. The van der Waals surface area contributed by atoms with Crippen LogP contribution in [0.5, 0.6) is 0 Å². The Morgan fingerprint density at radius 2 is 1.89 bits per heavy atom. The van der Waals surface area contributed by atoms with Crippen molar-refractivity contribution in [1.29, 1.82) is 5.26 Å². The largest absolute Gasteiger partial charge is 0.324 e. The van der Waals surface area contributed by atoms with Crippen molar-refractivity contribution in [3.63, 3.8) is 0 Å². The highest BCUT2D eigenvalue weighted by molar-refractivity contribution is 5.89. The molecule has 2 amide bonds. The molecule has 5 heteroatoms. The van der Waals surface area contributed by atoms with Gasteiger partial charge in [-0.05, 0) is 36.1 Å². The molecular formula is C14H16N4O. The van der Waals surface area contributed by atoms with E-state index in [1.54, 1.807) is 24.3 Å². The molecule has 1 aromatic rings. The van der Waals surface area contributed by atoms with E-state index in [0.29, 0.717) is 17.4 Å². The van der Waals surface area contributed by atoms with Crippen LogP contribution in [-0.2, 0) is 0 Å². The molecule has 0 unspecified atom stereocenters. The van der Waals surface area contributed by atoms with E-state index in [4.69, 9.17) is 5.26 Å². The quantitative estimate of drug-likeness (QED) is 0.794. The number of likely N-dealkylation sites (tertiary alicyclic amines) is 1. The number of carbonyl (C=O) groups excluding carboxylic acids is 1. The Kier molecular flexibility index (Phi) is 3.10. The molecule has 0 saturated carbocycles. The number of hydrogen-bond acceptors (Lipinski definition) is 3. The van der Waals surface area contributed by atoms with Crippen molar-refractivity contribution < 1.29 is 4.79 Å². The fourth-order valence-corrected chi connectivity index (χ4v) is 2.85. The van der Waals surface area contributed by atoms with Crippen molar-refractivity contribution in [1.82, 2.24) is 10.2 Å². The predicted octanol–water partition coefficient (Wildman–Crippen LogP) is 1.24. The molecule has 1 aromatic carbocycles. The molecule has 3 rings (SSSR count). The fraction of sp³-hybridized carbons (Fsp3) is 0.429. The lowest BCUT2D eigenvalue weighted by Gasteiger charge is -2.18. The number of nitriles is 1. The van der Waals surface area contributed by atoms with Gasteiger partial charge in [-0.1, -0.05) is 0 Å². The number of amides is 2. The van der Waals surface area contributed by atoms with Crippen LogP contribution in [0.25, 0.3) is 0 Å². The first kappa shape index (κ1) is 12.0. The Labute approximate surface area is 112 Å². The van der Waals surface area contributed by atoms with E-state index in [0.717, 1.165) is 31.9 Å². The van der Waals surface area contributed by atoms with Crippen LogP contribution in [0.4, 0.5) is 10.5 Å². The van der Waals surface area contributed by atoms with E-state index in [1.807, 2.05) is 4.90 Å². The van der Waals surface area contributed by atoms with E-state index in [1.165, 1.54) is 0 Å².